The second-order valence-corrected chi connectivity index (χ2v) is 5.63. The topological polar surface area (TPSA) is 12.0 Å². The standard InChI is InChI=1S/C17H19N/c1-17(2)12-16(9-10-18-17)15-8-7-13-5-3-4-6-14(13)11-15/h3-8,11-12,18H,9-10H2,1-2H3. The number of rotatable bonds is 1. The molecule has 1 nitrogen and oxygen atoms in total. The lowest BCUT2D eigenvalue weighted by Crippen LogP contribution is -2.40. The molecule has 0 saturated heterocycles. The van der Waals surface area contributed by atoms with Crippen molar-refractivity contribution in [3.63, 3.8) is 0 Å². The fourth-order valence-corrected chi connectivity index (χ4v) is 2.69. The summed E-state index contributed by atoms with van der Waals surface area (Å²) in [7, 11) is 0. The lowest BCUT2D eigenvalue weighted by atomic mass is 9.90. The monoisotopic (exact) mass is 237 g/mol. The zero-order valence-electron chi connectivity index (χ0n) is 11.0. The van der Waals surface area contributed by atoms with E-state index in [0.29, 0.717) is 0 Å². The molecule has 0 unspecified atom stereocenters. The summed E-state index contributed by atoms with van der Waals surface area (Å²) < 4.78 is 0. The SMILES string of the molecule is CC1(C)C=C(c2ccc3ccccc3c2)CCN1. The molecule has 2 aromatic rings. The molecule has 1 N–H and O–H groups in total. The van der Waals surface area contributed by atoms with Crippen LogP contribution >= 0.6 is 0 Å². The van der Waals surface area contributed by atoms with Crippen LogP contribution in [-0.4, -0.2) is 12.1 Å². The molecule has 3 rings (SSSR count). The van der Waals surface area contributed by atoms with Gasteiger partial charge in [-0.2, -0.15) is 0 Å². The van der Waals surface area contributed by atoms with E-state index in [1.807, 2.05) is 0 Å². The van der Waals surface area contributed by atoms with Crippen LogP contribution in [0.5, 0.6) is 0 Å². The molecule has 0 aromatic heterocycles. The summed E-state index contributed by atoms with van der Waals surface area (Å²) in [5.41, 5.74) is 2.94. The maximum atomic E-state index is 3.52. The van der Waals surface area contributed by atoms with Gasteiger partial charge in [0.05, 0.1) is 0 Å². The van der Waals surface area contributed by atoms with Crippen molar-refractivity contribution in [2.75, 3.05) is 6.54 Å². The van der Waals surface area contributed by atoms with Crippen LogP contribution in [-0.2, 0) is 0 Å². The van der Waals surface area contributed by atoms with Crippen molar-refractivity contribution in [1.82, 2.24) is 5.32 Å². The first kappa shape index (κ1) is 11.5. The molecule has 0 radical (unpaired) electrons. The molecule has 1 heterocycles. The maximum Gasteiger partial charge on any atom is 0.0313 e. The molecule has 92 valence electrons. The Balaban J connectivity index is 2.07. The van der Waals surface area contributed by atoms with Crippen LogP contribution < -0.4 is 5.32 Å². The third-order valence-electron chi connectivity index (χ3n) is 3.63. The van der Waals surface area contributed by atoms with E-state index in [1.165, 1.54) is 21.9 Å². The van der Waals surface area contributed by atoms with E-state index < -0.39 is 0 Å². The van der Waals surface area contributed by atoms with E-state index in [0.717, 1.165) is 13.0 Å². The lowest BCUT2D eigenvalue weighted by Gasteiger charge is -2.29. The van der Waals surface area contributed by atoms with E-state index in [-0.39, 0.29) is 5.54 Å². The fraction of sp³-hybridized carbons (Fsp3) is 0.294. The molecule has 0 bridgehead atoms. The fourth-order valence-electron chi connectivity index (χ4n) is 2.69. The molecule has 0 aliphatic carbocycles. The number of hydrogen-bond acceptors (Lipinski definition) is 1. The van der Waals surface area contributed by atoms with Gasteiger partial charge in [-0.3, -0.25) is 0 Å². The summed E-state index contributed by atoms with van der Waals surface area (Å²) >= 11 is 0. The second kappa shape index (κ2) is 4.25. The molecular weight excluding hydrogens is 218 g/mol. The second-order valence-electron chi connectivity index (χ2n) is 5.63. The number of nitrogens with one attached hydrogen (secondary N) is 1. The van der Waals surface area contributed by atoms with Gasteiger partial charge < -0.3 is 5.32 Å². The van der Waals surface area contributed by atoms with E-state index >= 15 is 0 Å². The Labute approximate surface area is 109 Å². The predicted molar refractivity (Wildman–Crippen MR) is 78.6 cm³/mol. The van der Waals surface area contributed by atoms with Crippen molar-refractivity contribution >= 4 is 16.3 Å². The first-order valence-electron chi connectivity index (χ1n) is 6.60. The Morgan fingerprint density at radius 2 is 1.78 bits per heavy atom. The Bertz CT molecular complexity index is 608. The van der Waals surface area contributed by atoms with Crippen LogP contribution in [0.2, 0.25) is 0 Å². The van der Waals surface area contributed by atoms with Crippen LogP contribution in [0.4, 0.5) is 0 Å². The van der Waals surface area contributed by atoms with E-state index in [4.69, 9.17) is 0 Å². The Morgan fingerprint density at radius 3 is 2.56 bits per heavy atom. The first-order chi connectivity index (χ1) is 8.64. The molecule has 0 atom stereocenters. The first-order valence-corrected chi connectivity index (χ1v) is 6.60. The van der Waals surface area contributed by atoms with Gasteiger partial charge in [0.25, 0.3) is 0 Å². The van der Waals surface area contributed by atoms with Crippen molar-refractivity contribution in [3.8, 4) is 0 Å². The molecule has 0 fully saturated rings. The van der Waals surface area contributed by atoms with Crippen LogP contribution in [0.15, 0.2) is 48.5 Å². The quantitative estimate of drug-likeness (QED) is 0.790. The highest BCUT2D eigenvalue weighted by Crippen LogP contribution is 2.27. The molecule has 0 spiro atoms. The molecule has 1 heteroatoms. The molecule has 1 aliphatic heterocycles. The van der Waals surface area contributed by atoms with E-state index in [1.54, 1.807) is 0 Å². The van der Waals surface area contributed by atoms with Gasteiger partial charge in [-0.15, -0.1) is 0 Å². The average Bonchev–Trinajstić information content (AvgIpc) is 2.37. The summed E-state index contributed by atoms with van der Waals surface area (Å²) in [6.07, 6.45) is 3.47. The van der Waals surface area contributed by atoms with Gasteiger partial charge in [0.2, 0.25) is 0 Å². The number of fused-ring (bicyclic) bond motifs is 1. The van der Waals surface area contributed by atoms with Gasteiger partial charge in [0.15, 0.2) is 0 Å². The highest BCUT2D eigenvalue weighted by molar-refractivity contribution is 5.86. The van der Waals surface area contributed by atoms with Crippen LogP contribution in [0.3, 0.4) is 0 Å². The highest BCUT2D eigenvalue weighted by atomic mass is 15.0. The van der Waals surface area contributed by atoms with Crippen molar-refractivity contribution in [2.24, 2.45) is 0 Å². The predicted octanol–water partition coefficient (Wildman–Crippen LogP) is 4.00. The van der Waals surface area contributed by atoms with E-state index in [2.05, 4.69) is 67.7 Å². The van der Waals surface area contributed by atoms with Crippen molar-refractivity contribution < 1.29 is 0 Å². The molecule has 18 heavy (non-hydrogen) atoms. The summed E-state index contributed by atoms with van der Waals surface area (Å²) in [5.74, 6) is 0. The van der Waals surface area contributed by atoms with Gasteiger partial charge >= 0.3 is 0 Å². The summed E-state index contributed by atoms with van der Waals surface area (Å²) in [4.78, 5) is 0. The zero-order chi connectivity index (χ0) is 12.6. The highest BCUT2D eigenvalue weighted by Gasteiger charge is 2.19. The normalized spacial score (nSPS) is 18.7. The minimum absolute atomic E-state index is 0.110. The van der Waals surface area contributed by atoms with Crippen molar-refractivity contribution in [1.29, 1.82) is 0 Å². The Hall–Kier alpha value is -1.60. The minimum atomic E-state index is 0.110. The van der Waals surface area contributed by atoms with Crippen molar-refractivity contribution in [2.45, 2.75) is 25.8 Å². The maximum absolute atomic E-state index is 3.52. The molecule has 0 saturated carbocycles. The summed E-state index contributed by atoms with van der Waals surface area (Å²) in [6.45, 7) is 5.52. The Kier molecular flexibility index (Phi) is 2.71. The summed E-state index contributed by atoms with van der Waals surface area (Å²) in [6, 6.07) is 15.3. The van der Waals surface area contributed by atoms with Gasteiger partial charge in [-0.05, 0) is 54.8 Å². The molecule has 1 aliphatic rings. The lowest BCUT2D eigenvalue weighted by molar-refractivity contribution is 0.468. The van der Waals surface area contributed by atoms with E-state index in [9.17, 15) is 0 Å². The number of benzene rings is 2. The van der Waals surface area contributed by atoms with Gasteiger partial charge in [0.1, 0.15) is 0 Å². The molecule has 0 amide bonds. The van der Waals surface area contributed by atoms with Crippen molar-refractivity contribution in [3.05, 3.63) is 54.1 Å². The molecule has 2 aromatic carbocycles. The third kappa shape index (κ3) is 2.19. The smallest absolute Gasteiger partial charge is 0.0313 e. The molecular formula is C17H19N. The van der Waals surface area contributed by atoms with Gasteiger partial charge in [0, 0.05) is 5.54 Å². The van der Waals surface area contributed by atoms with Crippen LogP contribution in [0, 0.1) is 0 Å². The van der Waals surface area contributed by atoms with Crippen LogP contribution in [0.25, 0.3) is 16.3 Å². The minimum Gasteiger partial charge on any atom is -0.308 e. The Morgan fingerprint density at radius 1 is 1.00 bits per heavy atom. The number of hydrogen-bond donors (Lipinski definition) is 1. The average molecular weight is 237 g/mol. The zero-order valence-corrected chi connectivity index (χ0v) is 11.0. The van der Waals surface area contributed by atoms with Gasteiger partial charge in [-0.1, -0.05) is 42.5 Å². The van der Waals surface area contributed by atoms with Crippen LogP contribution in [0.1, 0.15) is 25.8 Å². The third-order valence-corrected chi connectivity index (χ3v) is 3.63. The van der Waals surface area contributed by atoms with Gasteiger partial charge in [-0.25, -0.2) is 0 Å². The largest absolute Gasteiger partial charge is 0.308 e. The summed E-state index contributed by atoms with van der Waals surface area (Å²) in [5, 5.41) is 6.16.